The van der Waals surface area contributed by atoms with E-state index < -0.39 is 0 Å². The third kappa shape index (κ3) is 1.65. The molecule has 0 unspecified atom stereocenters. The Labute approximate surface area is 77.9 Å². The van der Waals surface area contributed by atoms with Crippen LogP contribution in [0.25, 0.3) is 11.6 Å². The Balaban J connectivity index is 3.41. The third-order valence-corrected chi connectivity index (χ3v) is 1.82. The molecule has 0 amide bonds. The molecule has 0 saturated heterocycles. The van der Waals surface area contributed by atoms with Gasteiger partial charge in [-0.3, -0.25) is 4.98 Å². The number of rotatable bonds is 2. The molecule has 0 fully saturated rings. The highest BCUT2D eigenvalue weighted by molar-refractivity contribution is 5.81. The van der Waals surface area contributed by atoms with Gasteiger partial charge in [-0.2, -0.15) is 5.26 Å². The van der Waals surface area contributed by atoms with Crippen molar-refractivity contribution < 1.29 is 0 Å². The summed E-state index contributed by atoms with van der Waals surface area (Å²) >= 11 is 0. The molecule has 0 aliphatic carbocycles. The number of hydrogen-bond donors (Lipinski definition) is 0. The van der Waals surface area contributed by atoms with Gasteiger partial charge in [0.05, 0.1) is 11.6 Å². The zero-order chi connectivity index (χ0) is 9.84. The molecule has 0 atom stereocenters. The first-order valence-corrected chi connectivity index (χ1v) is 3.87. The summed E-state index contributed by atoms with van der Waals surface area (Å²) in [5.74, 6) is 0. The summed E-state index contributed by atoms with van der Waals surface area (Å²) in [5.41, 5.74) is 3.10. The Morgan fingerprint density at radius 2 is 2.31 bits per heavy atom. The van der Waals surface area contributed by atoms with Gasteiger partial charge in [-0.25, -0.2) is 0 Å². The second kappa shape index (κ2) is 3.68. The number of nitrogens with zero attached hydrogens (tertiary/aromatic N) is 2. The highest BCUT2D eigenvalue weighted by atomic mass is 14.6. The van der Waals surface area contributed by atoms with Crippen molar-refractivity contribution in [3.63, 3.8) is 0 Å². The summed E-state index contributed by atoms with van der Waals surface area (Å²) in [7, 11) is 0. The molecule has 0 bridgehead atoms. The zero-order valence-electron chi connectivity index (χ0n) is 7.54. The fourth-order valence-electron chi connectivity index (χ4n) is 1.21. The molecule has 0 radical (unpaired) electrons. The summed E-state index contributed by atoms with van der Waals surface area (Å²) in [6, 6.07) is 2.03. The maximum Gasteiger partial charge on any atom is 0.0992 e. The Bertz CT molecular complexity index is 397. The molecule has 0 N–H and O–H groups in total. The topological polar surface area (TPSA) is 36.7 Å². The van der Waals surface area contributed by atoms with E-state index in [9.17, 15) is 0 Å². The summed E-state index contributed by atoms with van der Waals surface area (Å²) < 4.78 is 0. The molecule has 1 aromatic rings. The lowest BCUT2D eigenvalue weighted by atomic mass is 9.99. The molecule has 0 aliphatic heterocycles. The van der Waals surface area contributed by atoms with Crippen LogP contribution in [0.1, 0.15) is 16.7 Å². The van der Waals surface area contributed by atoms with E-state index in [1.165, 1.54) is 0 Å². The van der Waals surface area contributed by atoms with E-state index in [1.807, 2.05) is 13.0 Å². The average Bonchev–Trinajstić information content (AvgIpc) is 2.16. The van der Waals surface area contributed by atoms with E-state index in [2.05, 4.69) is 18.1 Å². The zero-order valence-corrected chi connectivity index (χ0v) is 7.54. The van der Waals surface area contributed by atoms with Crippen LogP contribution in [0.2, 0.25) is 0 Å². The number of aromatic nitrogens is 1. The number of pyridine rings is 1. The quantitative estimate of drug-likeness (QED) is 0.639. The predicted molar refractivity (Wildman–Crippen MR) is 53.7 cm³/mol. The van der Waals surface area contributed by atoms with Gasteiger partial charge in [0.25, 0.3) is 0 Å². The van der Waals surface area contributed by atoms with Gasteiger partial charge in [-0.05, 0) is 12.5 Å². The fourth-order valence-corrected chi connectivity index (χ4v) is 1.21. The molecule has 0 aliphatic rings. The number of aryl methyl sites for hydroxylation is 1. The first-order valence-electron chi connectivity index (χ1n) is 3.87. The second-order valence-electron chi connectivity index (χ2n) is 2.72. The van der Waals surface area contributed by atoms with Crippen LogP contribution in [0.5, 0.6) is 0 Å². The summed E-state index contributed by atoms with van der Waals surface area (Å²) in [4.78, 5) is 4.01. The molecule has 64 valence electrons. The monoisotopic (exact) mass is 170 g/mol. The number of allylic oxidation sites excluding steroid dienone is 1. The molecule has 0 spiro atoms. The van der Waals surface area contributed by atoms with Gasteiger partial charge in [-0.15, -0.1) is 0 Å². The van der Waals surface area contributed by atoms with Gasteiger partial charge in [0.1, 0.15) is 0 Å². The van der Waals surface area contributed by atoms with Gasteiger partial charge in [-0.1, -0.05) is 19.2 Å². The van der Waals surface area contributed by atoms with Crippen molar-refractivity contribution in [1.82, 2.24) is 4.98 Å². The predicted octanol–water partition coefficient (Wildman–Crippen LogP) is 2.57. The molecule has 1 aromatic heterocycles. The molecule has 1 heterocycles. The Hall–Kier alpha value is -1.88. The molecule has 2 nitrogen and oxygen atoms in total. The van der Waals surface area contributed by atoms with Crippen molar-refractivity contribution >= 4 is 11.6 Å². The maximum atomic E-state index is 8.73. The SMILES string of the molecule is C=Cc1cncc(C)c1C(=C)C#N. The van der Waals surface area contributed by atoms with Gasteiger partial charge in [0, 0.05) is 23.5 Å². The highest BCUT2D eigenvalue weighted by Crippen LogP contribution is 2.20. The van der Waals surface area contributed by atoms with Crippen LogP contribution in [0.3, 0.4) is 0 Å². The van der Waals surface area contributed by atoms with Crippen LogP contribution in [0, 0.1) is 18.3 Å². The lowest BCUT2D eigenvalue weighted by Crippen LogP contribution is -1.92. The third-order valence-electron chi connectivity index (χ3n) is 1.82. The molecule has 0 saturated carbocycles. The van der Waals surface area contributed by atoms with Gasteiger partial charge >= 0.3 is 0 Å². The molecule has 2 heteroatoms. The maximum absolute atomic E-state index is 8.73. The van der Waals surface area contributed by atoms with Crippen LogP contribution in [0.15, 0.2) is 25.6 Å². The van der Waals surface area contributed by atoms with Crippen molar-refractivity contribution in [3.05, 3.63) is 42.2 Å². The summed E-state index contributed by atoms with van der Waals surface area (Å²) in [6.45, 7) is 9.24. The van der Waals surface area contributed by atoms with E-state index >= 15 is 0 Å². The number of hydrogen-bond acceptors (Lipinski definition) is 2. The molecule has 13 heavy (non-hydrogen) atoms. The van der Waals surface area contributed by atoms with Crippen LogP contribution < -0.4 is 0 Å². The van der Waals surface area contributed by atoms with Crippen molar-refractivity contribution in [2.24, 2.45) is 0 Å². The lowest BCUT2D eigenvalue weighted by Gasteiger charge is -2.05. The largest absolute Gasteiger partial charge is 0.264 e. The Kier molecular flexibility index (Phi) is 2.61. The van der Waals surface area contributed by atoms with E-state index in [0.717, 1.165) is 16.7 Å². The number of nitriles is 1. The Morgan fingerprint density at radius 1 is 1.62 bits per heavy atom. The van der Waals surface area contributed by atoms with Crippen molar-refractivity contribution in [3.8, 4) is 6.07 Å². The molecule has 1 rings (SSSR count). The Morgan fingerprint density at radius 3 is 2.85 bits per heavy atom. The first kappa shape index (κ1) is 9.21. The lowest BCUT2D eigenvalue weighted by molar-refractivity contribution is 1.24. The summed E-state index contributed by atoms with van der Waals surface area (Å²) in [5, 5.41) is 8.73. The van der Waals surface area contributed by atoms with E-state index in [1.54, 1.807) is 18.5 Å². The van der Waals surface area contributed by atoms with E-state index in [0.29, 0.717) is 5.57 Å². The molecule has 0 aromatic carbocycles. The minimum Gasteiger partial charge on any atom is -0.264 e. The van der Waals surface area contributed by atoms with E-state index in [4.69, 9.17) is 5.26 Å². The first-order chi connectivity index (χ1) is 6.20. The van der Waals surface area contributed by atoms with Gasteiger partial charge in [0.15, 0.2) is 0 Å². The van der Waals surface area contributed by atoms with Gasteiger partial charge < -0.3 is 0 Å². The van der Waals surface area contributed by atoms with Crippen LogP contribution in [-0.4, -0.2) is 4.98 Å². The van der Waals surface area contributed by atoms with Crippen LogP contribution in [0.4, 0.5) is 0 Å². The van der Waals surface area contributed by atoms with Crippen LogP contribution in [-0.2, 0) is 0 Å². The second-order valence-corrected chi connectivity index (χ2v) is 2.72. The molecular formula is C11H10N2. The standard InChI is InChI=1S/C11H10N2/c1-4-10-7-13-6-9(3)11(10)8(2)5-12/h4,6-7H,1-2H2,3H3. The smallest absolute Gasteiger partial charge is 0.0992 e. The minimum absolute atomic E-state index is 0.454. The highest BCUT2D eigenvalue weighted by Gasteiger charge is 2.06. The van der Waals surface area contributed by atoms with Gasteiger partial charge in [0.2, 0.25) is 0 Å². The van der Waals surface area contributed by atoms with Crippen molar-refractivity contribution in [1.29, 1.82) is 5.26 Å². The van der Waals surface area contributed by atoms with Crippen molar-refractivity contribution in [2.45, 2.75) is 6.92 Å². The molecular weight excluding hydrogens is 160 g/mol. The normalized spacial score (nSPS) is 8.92. The minimum atomic E-state index is 0.454. The van der Waals surface area contributed by atoms with E-state index in [-0.39, 0.29) is 0 Å². The van der Waals surface area contributed by atoms with Crippen molar-refractivity contribution in [2.75, 3.05) is 0 Å². The summed E-state index contributed by atoms with van der Waals surface area (Å²) in [6.07, 6.45) is 5.07. The average molecular weight is 170 g/mol. The fraction of sp³-hybridized carbons (Fsp3) is 0.0909. The van der Waals surface area contributed by atoms with Crippen LogP contribution >= 0.6 is 0 Å².